The number of amides is 1. The van der Waals surface area contributed by atoms with Crippen LogP contribution in [0.1, 0.15) is 19.3 Å². The lowest BCUT2D eigenvalue weighted by atomic mass is 10.0. The van der Waals surface area contributed by atoms with E-state index in [1.165, 1.54) is 33.4 Å². The van der Waals surface area contributed by atoms with Crippen molar-refractivity contribution in [2.24, 2.45) is 5.92 Å². The van der Waals surface area contributed by atoms with Gasteiger partial charge in [0.1, 0.15) is 0 Å². The van der Waals surface area contributed by atoms with Crippen molar-refractivity contribution in [3.63, 3.8) is 0 Å². The van der Waals surface area contributed by atoms with Gasteiger partial charge >= 0.3 is 5.97 Å². The highest BCUT2D eigenvalue weighted by molar-refractivity contribution is 5.86. The molecule has 0 aliphatic carbocycles. The minimum Gasteiger partial charge on any atom is -0.469 e. The molecule has 0 bridgehead atoms. The number of methoxy groups -OCH3 is 1. The Morgan fingerprint density at radius 1 is 1.40 bits per heavy atom. The molecular weight excluding hydrogens is 268 g/mol. The zero-order valence-corrected chi connectivity index (χ0v) is 11.9. The van der Waals surface area contributed by atoms with Gasteiger partial charge in [0.05, 0.1) is 14.2 Å². The van der Waals surface area contributed by atoms with Crippen LogP contribution in [0, 0.1) is 16.0 Å². The molecule has 0 heterocycles. The molecule has 1 unspecified atom stereocenters. The number of hydroxylamine groups is 2. The van der Waals surface area contributed by atoms with Crippen LogP contribution in [0.3, 0.4) is 0 Å². The largest absolute Gasteiger partial charge is 0.469 e. The van der Waals surface area contributed by atoms with E-state index in [0.717, 1.165) is 5.06 Å². The van der Waals surface area contributed by atoms with Crippen LogP contribution in [0.4, 0.5) is 0 Å². The van der Waals surface area contributed by atoms with Crippen molar-refractivity contribution in [2.75, 3.05) is 27.8 Å². The summed E-state index contributed by atoms with van der Waals surface area (Å²) < 4.78 is 4.49. The second kappa shape index (κ2) is 9.90. The molecule has 20 heavy (non-hydrogen) atoms. The smallest absolute Gasteiger partial charge is 0.305 e. The van der Waals surface area contributed by atoms with Crippen LogP contribution in [0.15, 0.2) is 12.2 Å². The van der Waals surface area contributed by atoms with E-state index in [0.29, 0.717) is 12.8 Å². The zero-order valence-electron chi connectivity index (χ0n) is 11.9. The summed E-state index contributed by atoms with van der Waals surface area (Å²) in [5.41, 5.74) is 0. The molecule has 1 amide bonds. The van der Waals surface area contributed by atoms with Gasteiger partial charge in [0.2, 0.25) is 6.54 Å². The predicted molar refractivity (Wildman–Crippen MR) is 70.1 cm³/mol. The summed E-state index contributed by atoms with van der Waals surface area (Å²) in [5.74, 6) is -1.18. The Bertz CT molecular complexity index is 369. The lowest BCUT2D eigenvalue weighted by molar-refractivity contribution is -0.486. The second-order valence-corrected chi connectivity index (χ2v) is 4.12. The van der Waals surface area contributed by atoms with Crippen molar-refractivity contribution in [3.05, 3.63) is 22.3 Å². The molecule has 1 atom stereocenters. The summed E-state index contributed by atoms with van der Waals surface area (Å²) in [6.07, 6.45) is 3.79. The average Bonchev–Trinajstić information content (AvgIpc) is 2.42. The molecule has 0 saturated carbocycles. The van der Waals surface area contributed by atoms with Crippen LogP contribution in [0.2, 0.25) is 0 Å². The van der Waals surface area contributed by atoms with Crippen LogP contribution in [-0.2, 0) is 19.2 Å². The second-order valence-electron chi connectivity index (χ2n) is 4.12. The van der Waals surface area contributed by atoms with E-state index in [-0.39, 0.29) is 18.9 Å². The number of ether oxygens (including phenoxy) is 1. The lowest BCUT2D eigenvalue weighted by Crippen LogP contribution is -2.23. The molecule has 0 fully saturated rings. The third-order valence-corrected chi connectivity index (χ3v) is 2.66. The van der Waals surface area contributed by atoms with E-state index >= 15 is 0 Å². The number of hydrogen-bond donors (Lipinski definition) is 0. The molecule has 0 aromatic heterocycles. The summed E-state index contributed by atoms with van der Waals surface area (Å²) in [5, 5.41) is 11.6. The van der Waals surface area contributed by atoms with Crippen LogP contribution in [0.5, 0.6) is 0 Å². The molecule has 8 nitrogen and oxygen atoms in total. The molecule has 0 N–H and O–H groups in total. The Morgan fingerprint density at radius 2 is 2.05 bits per heavy atom. The van der Waals surface area contributed by atoms with Crippen molar-refractivity contribution in [3.8, 4) is 0 Å². The molecule has 0 aliphatic rings. The van der Waals surface area contributed by atoms with Gasteiger partial charge in [0.25, 0.3) is 5.91 Å². The first-order chi connectivity index (χ1) is 9.40. The van der Waals surface area contributed by atoms with Crippen molar-refractivity contribution < 1.29 is 24.1 Å². The predicted octanol–water partition coefficient (Wildman–Crippen LogP) is 0.799. The fourth-order valence-electron chi connectivity index (χ4n) is 1.46. The summed E-state index contributed by atoms with van der Waals surface area (Å²) >= 11 is 0. The van der Waals surface area contributed by atoms with Crippen molar-refractivity contribution >= 4 is 11.9 Å². The average molecular weight is 288 g/mol. The number of nitrogens with zero attached hydrogens (tertiary/aromatic N) is 2. The fourth-order valence-corrected chi connectivity index (χ4v) is 1.46. The molecule has 0 spiro atoms. The highest BCUT2D eigenvalue weighted by Gasteiger charge is 2.14. The Morgan fingerprint density at radius 3 is 2.55 bits per heavy atom. The minimum absolute atomic E-state index is 0.199. The third kappa shape index (κ3) is 8.20. The number of carbonyl (C=O) groups is 2. The fraction of sp³-hybridized carbons (Fsp3) is 0.667. The first-order valence-electron chi connectivity index (χ1n) is 6.09. The molecule has 0 radical (unpaired) electrons. The molecule has 0 aliphatic heterocycles. The molecule has 0 aromatic rings. The van der Waals surface area contributed by atoms with E-state index in [9.17, 15) is 19.7 Å². The first kappa shape index (κ1) is 18.0. The quantitative estimate of drug-likeness (QED) is 0.269. The molecule has 0 saturated heterocycles. The van der Waals surface area contributed by atoms with Gasteiger partial charge in [-0.1, -0.05) is 6.08 Å². The van der Waals surface area contributed by atoms with Crippen LogP contribution < -0.4 is 0 Å². The monoisotopic (exact) mass is 288 g/mol. The first-order valence-corrected chi connectivity index (χ1v) is 6.09. The SMILES string of the molecule is COC(=O)CCCC(/C=C/C(=O)N(C)OC)C[N+](=O)[O-]. The van der Waals surface area contributed by atoms with E-state index in [1.54, 1.807) is 0 Å². The maximum atomic E-state index is 11.5. The molecular formula is C12H20N2O6. The van der Waals surface area contributed by atoms with Gasteiger partial charge in [-0.05, 0) is 12.8 Å². The van der Waals surface area contributed by atoms with Gasteiger partial charge < -0.3 is 4.74 Å². The summed E-state index contributed by atoms with van der Waals surface area (Å²) in [6.45, 7) is -0.290. The van der Waals surface area contributed by atoms with Gasteiger partial charge in [0, 0.05) is 30.4 Å². The maximum Gasteiger partial charge on any atom is 0.305 e. The lowest BCUT2D eigenvalue weighted by Gasteiger charge is -2.11. The van der Waals surface area contributed by atoms with Crippen LogP contribution >= 0.6 is 0 Å². The Kier molecular flexibility index (Phi) is 8.93. The van der Waals surface area contributed by atoms with Gasteiger partial charge in [-0.3, -0.25) is 24.5 Å². The number of esters is 1. The summed E-state index contributed by atoms with van der Waals surface area (Å²) in [4.78, 5) is 37.2. The Balaban J connectivity index is 4.41. The molecule has 8 heteroatoms. The van der Waals surface area contributed by atoms with Gasteiger partial charge in [-0.15, -0.1) is 0 Å². The maximum absolute atomic E-state index is 11.5. The van der Waals surface area contributed by atoms with Gasteiger partial charge in [-0.25, -0.2) is 5.06 Å². The minimum atomic E-state index is -0.447. The summed E-state index contributed by atoms with van der Waals surface area (Å²) in [6, 6.07) is 0. The van der Waals surface area contributed by atoms with Crippen LogP contribution in [-0.4, -0.2) is 49.7 Å². The van der Waals surface area contributed by atoms with Crippen molar-refractivity contribution in [1.82, 2.24) is 5.06 Å². The molecule has 0 aromatic carbocycles. The topological polar surface area (TPSA) is 99.0 Å². The normalized spacial score (nSPS) is 12.2. The number of likely N-dealkylation sites (N-methyl/N-ethyl adjacent to an activating group) is 1. The van der Waals surface area contributed by atoms with E-state index in [4.69, 9.17) is 0 Å². The molecule has 0 rings (SSSR count). The zero-order chi connectivity index (χ0) is 15.5. The van der Waals surface area contributed by atoms with Crippen molar-refractivity contribution in [1.29, 1.82) is 0 Å². The number of hydrogen-bond acceptors (Lipinski definition) is 6. The highest BCUT2D eigenvalue weighted by atomic mass is 16.7. The summed E-state index contributed by atoms with van der Waals surface area (Å²) in [7, 11) is 4.07. The Hall–Kier alpha value is -1.96. The van der Waals surface area contributed by atoms with E-state index in [2.05, 4.69) is 9.57 Å². The Labute approximate surface area is 117 Å². The highest BCUT2D eigenvalue weighted by Crippen LogP contribution is 2.11. The number of nitro groups is 1. The van der Waals surface area contributed by atoms with Crippen LogP contribution in [0.25, 0.3) is 0 Å². The van der Waals surface area contributed by atoms with E-state index in [1.807, 2.05) is 0 Å². The van der Waals surface area contributed by atoms with Gasteiger partial charge in [0.15, 0.2) is 0 Å². The van der Waals surface area contributed by atoms with E-state index < -0.39 is 16.7 Å². The van der Waals surface area contributed by atoms with Crippen molar-refractivity contribution in [2.45, 2.75) is 19.3 Å². The van der Waals surface area contributed by atoms with Gasteiger partial charge in [-0.2, -0.15) is 0 Å². The third-order valence-electron chi connectivity index (χ3n) is 2.66. The number of carbonyl (C=O) groups excluding carboxylic acids is 2. The molecule has 114 valence electrons. The number of rotatable bonds is 9. The standard InChI is InChI=1S/C12H20N2O6/c1-13(20-3)11(15)8-7-10(9-14(17)18)5-4-6-12(16)19-2/h7-8,10H,4-6,9H2,1-3H3/b8-7+.